The number of nitrogens with two attached hydrogens (primary N) is 1. The molecule has 0 aromatic heterocycles. The van der Waals surface area contributed by atoms with Crippen LogP contribution >= 0.6 is 0 Å². The van der Waals surface area contributed by atoms with Crippen LogP contribution in [-0.2, 0) is 14.4 Å². The highest BCUT2D eigenvalue weighted by Gasteiger charge is 2.48. The molecule has 2 heterocycles. The Morgan fingerprint density at radius 3 is 2.65 bits per heavy atom. The van der Waals surface area contributed by atoms with E-state index in [1.54, 1.807) is 4.90 Å². The third-order valence-corrected chi connectivity index (χ3v) is 3.62. The molecule has 0 aromatic carbocycles. The van der Waals surface area contributed by atoms with E-state index < -0.39 is 0 Å². The van der Waals surface area contributed by atoms with Crippen LogP contribution in [-0.4, -0.2) is 54.2 Å². The van der Waals surface area contributed by atoms with Crippen molar-refractivity contribution in [1.29, 1.82) is 0 Å². The summed E-state index contributed by atoms with van der Waals surface area (Å²) in [6.07, 6.45) is 0.880. The number of imide groups is 1. The van der Waals surface area contributed by atoms with E-state index in [9.17, 15) is 14.4 Å². The normalized spacial score (nSPS) is 28.6. The molecule has 0 spiro atoms. The number of fused-ring (bicyclic) bond motifs is 1. The zero-order valence-corrected chi connectivity index (χ0v) is 9.89. The molecule has 0 aromatic rings. The lowest BCUT2D eigenvalue weighted by Crippen LogP contribution is -2.45. The number of amides is 3. The number of rotatable bonds is 2. The molecule has 0 radical (unpaired) electrons. The Hall–Kier alpha value is -1.43. The van der Waals surface area contributed by atoms with E-state index >= 15 is 0 Å². The first-order valence-electron chi connectivity index (χ1n) is 5.85. The second-order valence-corrected chi connectivity index (χ2v) is 4.62. The van der Waals surface area contributed by atoms with Crippen LogP contribution in [0.5, 0.6) is 0 Å². The molecule has 2 fully saturated rings. The van der Waals surface area contributed by atoms with Gasteiger partial charge in [-0.2, -0.15) is 0 Å². The van der Waals surface area contributed by atoms with Gasteiger partial charge in [0.05, 0.1) is 11.8 Å². The summed E-state index contributed by atoms with van der Waals surface area (Å²) in [6.45, 7) is 1.22. The minimum Gasteiger partial charge on any atom is -0.342 e. The second-order valence-electron chi connectivity index (χ2n) is 4.62. The highest BCUT2D eigenvalue weighted by Crippen LogP contribution is 2.32. The quantitative estimate of drug-likeness (QED) is 0.613. The summed E-state index contributed by atoms with van der Waals surface area (Å²) in [7, 11) is 1.51. The van der Waals surface area contributed by atoms with Crippen molar-refractivity contribution in [1.82, 2.24) is 9.80 Å². The van der Waals surface area contributed by atoms with Crippen molar-refractivity contribution < 1.29 is 14.4 Å². The summed E-state index contributed by atoms with van der Waals surface area (Å²) >= 11 is 0. The molecule has 94 valence electrons. The van der Waals surface area contributed by atoms with Gasteiger partial charge < -0.3 is 10.6 Å². The number of carbonyl (C=O) groups is 3. The van der Waals surface area contributed by atoms with Crippen LogP contribution in [0, 0.1) is 11.8 Å². The Labute approximate surface area is 99.7 Å². The van der Waals surface area contributed by atoms with Crippen LogP contribution in [0.1, 0.15) is 12.8 Å². The summed E-state index contributed by atoms with van der Waals surface area (Å²) < 4.78 is 0. The van der Waals surface area contributed by atoms with Gasteiger partial charge in [-0.1, -0.05) is 0 Å². The molecule has 2 aliphatic rings. The second kappa shape index (κ2) is 4.44. The summed E-state index contributed by atoms with van der Waals surface area (Å²) in [5.41, 5.74) is 5.34. The largest absolute Gasteiger partial charge is 0.342 e. The minimum atomic E-state index is -0.344. The molecule has 0 saturated carbocycles. The molecule has 2 saturated heterocycles. The minimum absolute atomic E-state index is 0.0271. The van der Waals surface area contributed by atoms with Crippen molar-refractivity contribution in [2.45, 2.75) is 12.8 Å². The fourth-order valence-electron chi connectivity index (χ4n) is 2.61. The van der Waals surface area contributed by atoms with Crippen molar-refractivity contribution in [3.63, 3.8) is 0 Å². The average Bonchev–Trinajstić information content (AvgIpc) is 2.55. The number of nitrogens with zero attached hydrogens (tertiary/aromatic N) is 2. The average molecular weight is 239 g/mol. The van der Waals surface area contributed by atoms with Crippen LogP contribution in [0.25, 0.3) is 0 Å². The molecule has 17 heavy (non-hydrogen) atoms. The molecule has 2 atom stereocenters. The maximum Gasteiger partial charge on any atom is 0.234 e. The van der Waals surface area contributed by atoms with Gasteiger partial charge in [-0.05, 0) is 6.42 Å². The third kappa shape index (κ3) is 1.93. The third-order valence-electron chi connectivity index (χ3n) is 3.62. The van der Waals surface area contributed by atoms with Crippen molar-refractivity contribution in [2.75, 3.05) is 26.7 Å². The highest BCUT2D eigenvalue weighted by atomic mass is 16.2. The maximum absolute atomic E-state index is 11.8. The standard InChI is InChI=1S/C11H17N3O3/c1-13-10(16)7-3-5-14(9(15)2-4-12)6-8(7)11(13)17/h7-8H,2-6,12H2,1H3/t7-,8+/m0/s1. The monoisotopic (exact) mass is 239 g/mol. The molecule has 3 amide bonds. The predicted molar refractivity (Wildman–Crippen MR) is 59.6 cm³/mol. The Morgan fingerprint density at radius 1 is 1.35 bits per heavy atom. The van der Waals surface area contributed by atoms with Gasteiger partial charge in [0.2, 0.25) is 17.7 Å². The Kier molecular flexibility index (Phi) is 3.15. The molecule has 2 aliphatic heterocycles. The van der Waals surface area contributed by atoms with Crippen LogP contribution in [0.2, 0.25) is 0 Å². The zero-order valence-electron chi connectivity index (χ0n) is 9.89. The van der Waals surface area contributed by atoms with Gasteiger partial charge in [-0.15, -0.1) is 0 Å². The van der Waals surface area contributed by atoms with Crippen molar-refractivity contribution in [3.8, 4) is 0 Å². The van der Waals surface area contributed by atoms with Crippen molar-refractivity contribution in [3.05, 3.63) is 0 Å². The first-order chi connectivity index (χ1) is 8.06. The van der Waals surface area contributed by atoms with Crippen molar-refractivity contribution in [2.24, 2.45) is 17.6 Å². The van der Waals surface area contributed by atoms with Gasteiger partial charge in [0.1, 0.15) is 0 Å². The molecular weight excluding hydrogens is 222 g/mol. The first kappa shape index (κ1) is 12.0. The Bertz CT molecular complexity index is 369. The number of piperidine rings is 1. The fraction of sp³-hybridized carbons (Fsp3) is 0.727. The molecule has 0 bridgehead atoms. The molecule has 2 rings (SSSR count). The fourth-order valence-corrected chi connectivity index (χ4v) is 2.61. The van der Waals surface area contributed by atoms with E-state index in [0.29, 0.717) is 32.5 Å². The van der Waals surface area contributed by atoms with E-state index in [0.717, 1.165) is 0 Å². The van der Waals surface area contributed by atoms with Gasteiger partial charge in [-0.3, -0.25) is 19.3 Å². The van der Waals surface area contributed by atoms with E-state index in [1.807, 2.05) is 0 Å². The molecule has 6 heteroatoms. The molecule has 0 unspecified atom stereocenters. The summed E-state index contributed by atoms with van der Waals surface area (Å²) in [5.74, 6) is -0.866. The number of hydrogen-bond donors (Lipinski definition) is 1. The van der Waals surface area contributed by atoms with Gasteiger partial charge >= 0.3 is 0 Å². The maximum atomic E-state index is 11.8. The lowest BCUT2D eigenvalue weighted by Gasteiger charge is -2.32. The van der Waals surface area contributed by atoms with Crippen LogP contribution in [0.15, 0.2) is 0 Å². The van der Waals surface area contributed by atoms with E-state index in [4.69, 9.17) is 5.73 Å². The summed E-state index contributed by atoms with van der Waals surface area (Å²) in [4.78, 5) is 38.1. The van der Waals surface area contributed by atoms with Gasteiger partial charge in [0, 0.05) is 33.1 Å². The number of hydrogen-bond acceptors (Lipinski definition) is 4. The predicted octanol–water partition coefficient (Wildman–Crippen LogP) is -1.20. The topological polar surface area (TPSA) is 83.7 Å². The first-order valence-corrected chi connectivity index (χ1v) is 5.85. The zero-order chi connectivity index (χ0) is 12.6. The molecule has 0 aliphatic carbocycles. The van der Waals surface area contributed by atoms with Crippen LogP contribution in [0.4, 0.5) is 0 Å². The molecule has 2 N–H and O–H groups in total. The highest BCUT2D eigenvalue weighted by molar-refractivity contribution is 6.05. The van der Waals surface area contributed by atoms with Gasteiger partial charge in [0.15, 0.2) is 0 Å². The SMILES string of the molecule is CN1C(=O)[C@H]2CCN(C(=O)CCN)C[C@H]2C1=O. The Morgan fingerprint density at radius 2 is 2.00 bits per heavy atom. The van der Waals surface area contributed by atoms with E-state index in [2.05, 4.69) is 0 Å². The Balaban J connectivity index is 2.07. The number of carbonyl (C=O) groups excluding carboxylic acids is 3. The molecule has 6 nitrogen and oxygen atoms in total. The summed E-state index contributed by atoms with van der Waals surface area (Å²) in [6, 6.07) is 0. The molecular formula is C11H17N3O3. The van der Waals surface area contributed by atoms with E-state index in [1.165, 1.54) is 11.9 Å². The smallest absolute Gasteiger partial charge is 0.234 e. The van der Waals surface area contributed by atoms with Crippen molar-refractivity contribution >= 4 is 17.7 Å². The lowest BCUT2D eigenvalue weighted by molar-refractivity contribution is -0.138. The van der Waals surface area contributed by atoms with Gasteiger partial charge in [-0.25, -0.2) is 0 Å². The van der Waals surface area contributed by atoms with Crippen LogP contribution in [0.3, 0.4) is 0 Å². The summed E-state index contributed by atoms with van der Waals surface area (Å²) in [5, 5.41) is 0. The van der Waals surface area contributed by atoms with Gasteiger partial charge in [0.25, 0.3) is 0 Å². The van der Waals surface area contributed by atoms with E-state index in [-0.39, 0.29) is 29.6 Å². The number of likely N-dealkylation sites (tertiary alicyclic amines) is 2. The lowest BCUT2D eigenvalue weighted by atomic mass is 9.87. The van der Waals surface area contributed by atoms with Crippen LogP contribution < -0.4 is 5.73 Å².